The van der Waals surface area contributed by atoms with Gasteiger partial charge in [-0.15, -0.1) is 0 Å². The van der Waals surface area contributed by atoms with E-state index in [1.165, 1.54) is 0 Å². The minimum atomic E-state index is -0.812. The molecule has 0 fully saturated rings. The minimum absolute atomic E-state index is 0. The zero-order valence-corrected chi connectivity index (χ0v) is 6.35. The Morgan fingerprint density at radius 2 is 1.75 bits per heavy atom. The Balaban J connectivity index is 0. The van der Waals surface area contributed by atoms with Crippen LogP contribution in [0.15, 0.2) is 0 Å². The quantitative estimate of drug-likeness (QED) is 0.344. The van der Waals surface area contributed by atoms with E-state index in [-0.39, 0.29) is 51.4 Å². The van der Waals surface area contributed by atoms with Crippen LogP contribution in [0.25, 0.3) is 0 Å². The molecular weight excluding hydrogens is 130 g/mol. The molecule has 2 nitrogen and oxygen atoms in total. The van der Waals surface area contributed by atoms with Crippen molar-refractivity contribution < 1.29 is 74.4 Å². The molecule has 0 aromatic carbocycles. The summed E-state index contributed by atoms with van der Waals surface area (Å²) in [7, 11) is 0. The van der Waals surface area contributed by atoms with Gasteiger partial charge in [0, 0.05) is 0 Å². The van der Waals surface area contributed by atoms with E-state index < -0.39 is 15.0 Å². The summed E-state index contributed by atoms with van der Waals surface area (Å²) in [6.07, 6.45) is 0. The summed E-state index contributed by atoms with van der Waals surface area (Å²) in [6, 6.07) is 0. The predicted octanol–water partition coefficient (Wildman–Crippen LogP) is -3.67. The van der Waals surface area contributed by atoms with Gasteiger partial charge in [0.2, 0.25) is 0 Å². The van der Waals surface area contributed by atoms with Crippen molar-refractivity contribution in [2.45, 2.75) is 0 Å². The van der Waals surface area contributed by atoms with E-state index >= 15 is 0 Å². The van der Waals surface area contributed by atoms with Crippen LogP contribution in [-0.4, -0.2) is 4.22 Å². The second kappa shape index (κ2) is 8.86. The Labute approximate surface area is 72.9 Å². The summed E-state index contributed by atoms with van der Waals surface area (Å²) in [5, 5.41) is 0. The van der Waals surface area contributed by atoms with Crippen LogP contribution in [0.5, 0.6) is 0 Å². The fourth-order valence-corrected chi connectivity index (χ4v) is 0. The third-order valence-corrected chi connectivity index (χ3v) is 0. The molecule has 0 saturated carbocycles. The van der Waals surface area contributed by atoms with Gasteiger partial charge in [-0.3, -0.25) is 0 Å². The Hall–Kier alpha value is 1.90. The maximum atomic E-state index is 8.45. The summed E-state index contributed by atoms with van der Waals surface area (Å²) in [5.74, 6) is 0. The van der Waals surface area contributed by atoms with Crippen LogP contribution in [0.3, 0.4) is 0 Å². The van der Waals surface area contributed by atoms with Gasteiger partial charge >= 0.3 is 74.4 Å². The molecule has 0 aromatic rings. The van der Waals surface area contributed by atoms with Gasteiger partial charge in [-0.2, -0.15) is 0 Å². The van der Waals surface area contributed by atoms with Gasteiger partial charge in [-0.05, 0) is 0 Å². The van der Waals surface area contributed by atoms with Crippen molar-refractivity contribution in [1.29, 1.82) is 0 Å². The molecule has 4 heteroatoms. The van der Waals surface area contributed by atoms with Crippen LogP contribution in [-0.2, 0) is 18.8 Å². The Morgan fingerprint density at radius 3 is 1.75 bits per heavy atom. The first-order valence-electron chi connectivity index (χ1n) is 0.285. The molecule has 0 aliphatic rings. The Kier molecular flexibility index (Phi) is 20.6. The van der Waals surface area contributed by atoms with Crippen LogP contribution in [0, 0.1) is 0 Å². The molecule has 0 spiro atoms. The van der Waals surface area contributed by atoms with Gasteiger partial charge in [0.05, 0.1) is 0 Å². The molecule has 0 bridgehead atoms. The first kappa shape index (κ1) is 9.32. The van der Waals surface area contributed by atoms with Gasteiger partial charge in [0.15, 0.2) is 0 Å². The zero-order chi connectivity index (χ0) is 2.71. The number of hydrogen-bond donors (Lipinski definition) is 1. The second-order valence-corrected chi connectivity index (χ2v) is 0.251. The number of hydrogen-bond acceptors (Lipinski definition) is 1. The van der Waals surface area contributed by atoms with Gasteiger partial charge in [-0.25, -0.2) is 0 Å². The SMILES string of the molecule is [K+].[O]=[Co-][OH]. The van der Waals surface area contributed by atoms with Gasteiger partial charge in [-0.1, -0.05) is 0 Å². The van der Waals surface area contributed by atoms with Crippen molar-refractivity contribution in [3.63, 3.8) is 0 Å². The molecule has 0 heterocycles. The van der Waals surface area contributed by atoms with Crippen molar-refractivity contribution >= 4 is 0 Å². The van der Waals surface area contributed by atoms with Gasteiger partial charge in [0.25, 0.3) is 0 Å². The van der Waals surface area contributed by atoms with E-state index in [1.54, 1.807) is 0 Å². The molecule has 0 amide bonds. The summed E-state index contributed by atoms with van der Waals surface area (Å²) in [4.78, 5) is 0. The molecular formula is HCoKO2. The van der Waals surface area contributed by atoms with Crippen molar-refractivity contribution in [2.24, 2.45) is 0 Å². The summed E-state index contributed by atoms with van der Waals surface area (Å²) in [5.41, 5.74) is 0. The molecule has 0 radical (unpaired) electrons. The molecule has 0 aromatic heterocycles. The van der Waals surface area contributed by atoms with Crippen molar-refractivity contribution in [3.05, 3.63) is 0 Å². The summed E-state index contributed by atoms with van der Waals surface area (Å²) < 4.78 is 15.4. The standard InChI is InChI=1S/Co.K.H2O.O/h;;1H2;/q;+1;;/p-1. The molecule has 0 aliphatic carbocycles. The van der Waals surface area contributed by atoms with E-state index in [2.05, 4.69) is 0 Å². The van der Waals surface area contributed by atoms with Crippen LogP contribution >= 0.6 is 0 Å². The molecule has 1 N–H and O–H groups in total. The second-order valence-electron chi connectivity index (χ2n) is 0.0609. The molecule has 4 heavy (non-hydrogen) atoms. The normalized spacial score (nSPS) is 5.25. The maximum absolute atomic E-state index is 8.45. The van der Waals surface area contributed by atoms with Crippen LogP contribution in [0.4, 0.5) is 0 Å². The first-order valence-corrected chi connectivity index (χ1v) is 1.18. The Bertz CT molecular complexity index is 13.5. The average molecular weight is 131 g/mol. The summed E-state index contributed by atoms with van der Waals surface area (Å²) in [6.45, 7) is 0. The average Bonchev–Trinajstić information content (AvgIpc) is 0.918. The topological polar surface area (TPSA) is 37.3 Å². The molecule has 23 valence electrons. The third kappa shape index (κ3) is 9.08. The van der Waals surface area contributed by atoms with Crippen LogP contribution < -0.4 is 51.4 Å². The fourth-order valence-electron chi connectivity index (χ4n) is 0. The van der Waals surface area contributed by atoms with Gasteiger partial charge in [0.1, 0.15) is 0 Å². The van der Waals surface area contributed by atoms with Crippen molar-refractivity contribution in [1.82, 2.24) is 0 Å². The number of rotatable bonds is 0. The molecule has 0 saturated heterocycles. The summed E-state index contributed by atoms with van der Waals surface area (Å²) >= 11 is -0.812. The van der Waals surface area contributed by atoms with Crippen LogP contribution in [0.1, 0.15) is 0 Å². The van der Waals surface area contributed by atoms with Crippen molar-refractivity contribution in [3.8, 4) is 0 Å². The zero-order valence-electron chi connectivity index (χ0n) is 2.19. The molecule has 0 atom stereocenters. The van der Waals surface area contributed by atoms with E-state index in [0.29, 0.717) is 0 Å². The first-order chi connectivity index (χ1) is 1.41. The fraction of sp³-hybridized carbons (Fsp3) is 0. The molecule has 0 aliphatic heterocycles. The van der Waals surface area contributed by atoms with Gasteiger partial charge < -0.3 is 0 Å². The van der Waals surface area contributed by atoms with E-state index in [9.17, 15) is 0 Å². The van der Waals surface area contributed by atoms with E-state index in [4.69, 9.17) is 8.08 Å². The monoisotopic (exact) mass is 131 g/mol. The van der Waals surface area contributed by atoms with Crippen LogP contribution in [0.2, 0.25) is 0 Å². The molecule has 0 rings (SSSR count). The van der Waals surface area contributed by atoms with E-state index in [0.717, 1.165) is 0 Å². The van der Waals surface area contributed by atoms with Crippen molar-refractivity contribution in [2.75, 3.05) is 0 Å². The van der Waals surface area contributed by atoms with E-state index in [1.807, 2.05) is 0 Å². The Morgan fingerprint density at radius 1 is 1.75 bits per heavy atom. The molecule has 0 unspecified atom stereocenters. The third-order valence-electron chi connectivity index (χ3n) is 0. The predicted molar refractivity (Wildman–Crippen MR) is 2.91 cm³/mol.